The van der Waals surface area contributed by atoms with Crippen LogP contribution in [0.2, 0.25) is 0 Å². The van der Waals surface area contributed by atoms with Gasteiger partial charge in [-0.25, -0.2) is 13.1 Å². The highest BCUT2D eigenvalue weighted by atomic mass is 32.2. The first-order valence-corrected chi connectivity index (χ1v) is 7.50. The van der Waals surface area contributed by atoms with Crippen molar-refractivity contribution in [1.82, 2.24) is 9.62 Å². The third-order valence-electron chi connectivity index (χ3n) is 3.55. The van der Waals surface area contributed by atoms with E-state index >= 15 is 0 Å². The Hall–Kier alpha value is -0.130. The van der Waals surface area contributed by atoms with Crippen molar-refractivity contribution in [2.45, 2.75) is 57.9 Å². The number of hydrogen-bond acceptors (Lipinski definition) is 3. The number of hydrogen-bond donors (Lipinski definition) is 1. The number of likely N-dealkylation sites (tertiary alicyclic amines) is 1. The second-order valence-corrected chi connectivity index (χ2v) is 7.75. The van der Waals surface area contributed by atoms with Gasteiger partial charge in [0.2, 0.25) is 10.0 Å². The standard InChI is InChI=1S/C11H24N2O2S/c1-6-11(4,5)13-7-10(8-13)12-16(14,15)9(2)3/h9-10,12H,6-8H2,1-5H3. The fraction of sp³-hybridized carbons (Fsp3) is 1.00. The van der Waals surface area contributed by atoms with Crippen molar-refractivity contribution in [2.75, 3.05) is 13.1 Å². The summed E-state index contributed by atoms with van der Waals surface area (Å²) in [6, 6.07) is 0.0956. The van der Waals surface area contributed by atoms with Gasteiger partial charge in [-0.15, -0.1) is 0 Å². The molecule has 0 spiro atoms. The third-order valence-corrected chi connectivity index (χ3v) is 5.46. The van der Waals surface area contributed by atoms with Crippen molar-refractivity contribution >= 4 is 10.0 Å². The van der Waals surface area contributed by atoms with Crippen LogP contribution in [-0.2, 0) is 10.0 Å². The van der Waals surface area contributed by atoms with E-state index in [9.17, 15) is 8.42 Å². The van der Waals surface area contributed by atoms with Gasteiger partial charge in [-0.1, -0.05) is 6.92 Å². The van der Waals surface area contributed by atoms with Crippen molar-refractivity contribution in [3.63, 3.8) is 0 Å². The van der Waals surface area contributed by atoms with Crippen LogP contribution in [0, 0.1) is 0 Å². The molecule has 0 radical (unpaired) electrons. The molecule has 1 heterocycles. The minimum Gasteiger partial charge on any atom is -0.295 e. The van der Waals surface area contributed by atoms with Gasteiger partial charge in [-0.3, -0.25) is 4.90 Å². The van der Waals surface area contributed by atoms with E-state index in [1.54, 1.807) is 13.8 Å². The van der Waals surface area contributed by atoms with E-state index in [1.807, 2.05) is 0 Å². The van der Waals surface area contributed by atoms with E-state index in [0.29, 0.717) is 0 Å². The average molecular weight is 248 g/mol. The Labute approximate surface area is 99.5 Å². The van der Waals surface area contributed by atoms with Crippen molar-refractivity contribution in [3.8, 4) is 0 Å². The minimum absolute atomic E-state index is 0.0956. The molecule has 0 aromatic carbocycles. The zero-order valence-electron chi connectivity index (χ0n) is 10.9. The van der Waals surface area contributed by atoms with Crippen molar-refractivity contribution < 1.29 is 8.42 Å². The Morgan fingerprint density at radius 1 is 1.38 bits per heavy atom. The van der Waals surface area contributed by atoms with Crippen molar-refractivity contribution in [1.29, 1.82) is 0 Å². The SMILES string of the molecule is CCC(C)(C)N1CC(NS(=O)(=O)C(C)C)C1. The lowest BCUT2D eigenvalue weighted by Gasteiger charge is -2.49. The van der Waals surface area contributed by atoms with E-state index in [2.05, 4.69) is 30.4 Å². The lowest BCUT2D eigenvalue weighted by atomic mass is 9.93. The Morgan fingerprint density at radius 2 is 1.88 bits per heavy atom. The second-order valence-electron chi connectivity index (χ2n) is 5.48. The first-order valence-electron chi connectivity index (χ1n) is 5.95. The normalized spacial score (nSPS) is 20.1. The molecule has 4 nitrogen and oxygen atoms in total. The summed E-state index contributed by atoms with van der Waals surface area (Å²) in [6.45, 7) is 11.6. The summed E-state index contributed by atoms with van der Waals surface area (Å²) in [6.07, 6.45) is 1.08. The summed E-state index contributed by atoms with van der Waals surface area (Å²) < 4.78 is 26.0. The maximum atomic E-state index is 11.6. The summed E-state index contributed by atoms with van der Waals surface area (Å²) in [5.41, 5.74) is 0.180. The summed E-state index contributed by atoms with van der Waals surface area (Å²) >= 11 is 0. The predicted octanol–water partition coefficient (Wildman–Crippen LogP) is 1.19. The maximum Gasteiger partial charge on any atom is 0.214 e. The molecule has 1 aliphatic heterocycles. The number of sulfonamides is 1. The maximum absolute atomic E-state index is 11.6. The van der Waals surface area contributed by atoms with Gasteiger partial charge >= 0.3 is 0 Å². The minimum atomic E-state index is -3.11. The van der Waals surface area contributed by atoms with Gasteiger partial charge in [0.1, 0.15) is 0 Å². The van der Waals surface area contributed by atoms with Crippen LogP contribution in [0.25, 0.3) is 0 Å². The summed E-state index contributed by atoms with van der Waals surface area (Å²) in [5.74, 6) is 0. The highest BCUT2D eigenvalue weighted by Gasteiger charge is 2.38. The largest absolute Gasteiger partial charge is 0.295 e. The van der Waals surface area contributed by atoms with Crippen LogP contribution >= 0.6 is 0 Å². The van der Waals surface area contributed by atoms with Gasteiger partial charge in [0.15, 0.2) is 0 Å². The highest BCUT2D eigenvalue weighted by Crippen LogP contribution is 2.25. The van der Waals surface area contributed by atoms with Crippen molar-refractivity contribution in [3.05, 3.63) is 0 Å². The second kappa shape index (κ2) is 4.63. The molecule has 0 bridgehead atoms. The zero-order valence-corrected chi connectivity index (χ0v) is 11.8. The number of nitrogens with zero attached hydrogens (tertiary/aromatic N) is 1. The zero-order chi connectivity index (χ0) is 12.6. The van der Waals surface area contributed by atoms with Gasteiger partial charge in [0.05, 0.1) is 5.25 Å². The van der Waals surface area contributed by atoms with Crippen LogP contribution < -0.4 is 4.72 Å². The molecule has 0 saturated carbocycles. The highest BCUT2D eigenvalue weighted by molar-refractivity contribution is 7.90. The first-order chi connectivity index (χ1) is 7.19. The van der Waals surface area contributed by atoms with Crippen molar-refractivity contribution in [2.24, 2.45) is 0 Å². The average Bonchev–Trinajstić information content (AvgIpc) is 2.10. The van der Waals surface area contributed by atoms with Crippen LogP contribution in [0.1, 0.15) is 41.0 Å². The van der Waals surface area contributed by atoms with E-state index in [4.69, 9.17) is 0 Å². The number of nitrogens with one attached hydrogen (secondary N) is 1. The van der Waals surface area contributed by atoms with E-state index in [-0.39, 0.29) is 16.8 Å². The molecule has 0 aliphatic carbocycles. The smallest absolute Gasteiger partial charge is 0.214 e. The van der Waals surface area contributed by atoms with Gasteiger partial charge < -0.3 is 0 Å². The van der Waals surface area contributed by atoms with Crippen LogP contribution in [0.3, 0.4) is 0 Å². The third kappa shape index (κ3) is 2.96. The molecule has 1 rings (SSSR count). The van der Waals surface area contributed by atoms with Crippen LogP contribution in [-0.4, -0.2) is 43.2 Å². The molecule has 16 heavy (non-hydrogen) atoms. The molecule has 1 fully saturated rings. The molecule has 1 saturated heterocycles. The van der Waals surface area contributed by atoms with Gasteiger partial charge in [-0.05, 0) is 34.1 Å². The lowest BCUT2D eigenvalue weighted by Crippen LogP contribution is -2.65. The first kappa shape index (κ1) is 13.9. The Morgan fingerprint density at radius 3 is 2.25 bits per heavy atom. The van der Waals surface area contributed by atoms with Crippen LogP contribution in [0.5, 0.6) is 0 Å². The number of rotatable bonds is 5. The lowest BCUT2D eigenvalue weighted by molar-refractivity contribution is 0.0293. The molecular weight excluding hydrogens is 224 g/mol. The quantitative estimate of drug-likeness (QED) is 0.795. The Bertz CT molecular complexity index is 330. The van der Waals surface area contributed by atoms with E-state index < -0.39 is 10.0 Å². The monoisotopic (exact) mass is 248 g/mol. The molecule has 5 heteroatoms. The molecule has 96 valence electrons. The molecule has 0 aromatic heterocycles. The summed E-state index contributed by atoms with van der Waals surface area (Å²) in [7, 11) is -3.11. The van der Waals surface area contributed by atoms with Gasteiger partial charge in [0, 0.05) is 24.7 Å². The van der Waals surface area contributed by atoms with Gasteiger partial charge in [0.25, 0.3) is 0 Å². The summed E-state index contributed by atoms with van der Waals surface area (Å²) in [5, 5.41) is -0.347. The molecular formula is C11H24N2O2S. The predicted molar refractivity (Wildman–Crippen MR) is 66.9 cm³/mol. The molecule has 0 amide bonds. The van der Waals surface area contributed by atoms with E-state index in [1.165, 1.54) is 0 Å². The van der Waals surface area contributed by atoms with Crippen LogP contribution in [0.4, 0.5) is 0 Å². The fourth-order valence-electron chi connectivity index (χ4n) is 1.64. The molecule has 0 atom stereocenters. The summed E-state index contributed by atoms with van der Waals surface area (Å²) in [4.78, 5) is 2.32. The Balaban J connectivity index is 2.44. The van der Waals surface area contributed by atoms with Gasteiger partial charge in [-0.2, -0.15) is 0 Å². The fourth-order valence-corrected chi connectivity index (χ4v) is 2.53. The van der Waals surface area contributed by atoms with E-state index in [0.717, 1.165) is 19.5 Å². The Kier molecular flexibility index (Phi) is 4.03. The van der Waals surface area contributed by atoms with Crippen LogP contribution in [0.15, 0.2) is 0 Å². The molecule has 1 aliphatic rings. The molecule has 1 N–H and O–H groups in total. The molecule has 0 unspecified atom stereocenters. The molecule has 0 aromatic rings. The topological polar surface area (TPSA) is 49.4 Å².